The number of aliphatic carboxylic acids is 1. The van der Waals surface area contributed by atoms with Crippen molar-refractivity contribution in [2.75, 3.05) is 13.4 Å². The Balaban J connectivity index is 3.48. The van der Waals surface area contributed by atoms with Gasteiger partial charge >= 0.3 is 5.97 Å². The van der Waals surface area contributed by atoms with Gasteiger partial charge in [0, 0.05) is 4.90 Å². The Bertz CT molecular complexity index is 440. The molecule has 0 radical (unpaired) electrons. The van der Waals surface area contributed by atoms with Gasteiger partial charge in [-0.05, 0) is 24.8 Å². The van der Waals surface area contributed by atoms with Gasteiger partial charge in [-0.15, -0.1) is 11.8 Å². The van der Waals surface area contributed by atoms with Crippen molar-refractivity contribution in [1.82, 2.24) is 0 Å². The van der Waals surface area contributed by atoms with Crippen molar-refractivity contribution in [1.29, 1.82) is 0 Å². The minimum absolute atomic E-state index is 0.127. The van der Waals surface area contributed by atoms with E-state index in [0.717, 1.165) is 5.56 Å². The number of Topliss-reactive ketones (excluding diaryl/α,β-unsaturated/α-hetero) is 1. The highest BCUT2D eigenvalue weighted by molar-refractivity contribution is 7.98. The van der Waals surface area contributed by atoms with Crippen LogP contribution in [0.25, 0.3) is 0 Å². The predicted octanol–water partition coefficient (Wildman–Crippen LogP) is 1.99. The third kappa shape index (κ3) is 2.19. The Morgan fingerprint density at radius 1 is 1.38 bits per heavy atom. The summed E-state index contributed by atoms with van der Waals surface area (Å²) in [6.45, 7) is 1.77. The largest absolute Gasteiger partial charge is 0.496 e. The van der Waals surface area contributed by atoms with Crippen LogP contribution in [0.2, 0.25) is 0 Å². The van der Waals surface area contributed by atoms with Crippen LogP contribution in [0.5, 0.6) is 5.75 Å². The molecule has 1 aromatic carbocycles. The molecule has 0 aliphatic carbocycles. The molecule has 0 aromatic heterocycles. The number of carboxylic acid groups (broad SMARTS) is 1. The van der Waals surface area contributed by atoms with E-state index in [4.69, 9.17) is 9.84 Å². The average Bonchev–Trinajstić information content (AvgIpc) is 2.27. The van der Waals surface area contributed by atoms with E-state index in [1.54, 1.807) is 25.3 Å². The van der Waals surface area contributed by atoms with Gasteiger partial charge in [-0.3, -0.25) is 4.79 Å². The second-order valence-corrected chi connectivity index (χ2v) is 3.98. The van der Waals surface area contributed by atoms with Gasteiger partial charge in [0.05, 0.1) is 12.7 Å². The zero-order chi connectivity index (χ0) is 12.3. The number of carbonyl (C=O) groups is 2. The van der Waals surface area contributed by atoms with E-state index in [9.17, 15) is 9.59 Å². The van der Waals surface area contributed by atoms with E-state index in [0.29, 0.717) is 10.6 Å². The van der Waals surface area contributed by atoms with E-state index in [1.165, 1.54) is 18.9 Å². The molecule has 0 atom stereocenters. The molecule has 0 heterocycles. The second-order valence-electron chi connectivity index (χ2n) is 3.13. The molecule has 0 fully saturated rings. The van der Waals surface area contributed by atoms with Crippen molar-refractivity contribution >= 4 is 23.5 Å². The molecule has 1 rings (SSSR count). The number of aryl methyl sites for hydroxylation is 1. The van der Waals surface area contributed by atoms with E-state index in [2.05, 4.69) is 0 Å². The number of ketones is 1. The normalized spacial score (nSPS) is 9.94. The monoisotopic (exact) mass is 240 g/mol. The van der Waals surface area contributed by atoms with Gasteiger partial charge in [-0.1, -0.05) is 6.07 Å². The number of hydrogen-bond acceptors (Lipinski definition) is 4. The first-order chi connectivity index (χ1) is 7.52. The van der Waals surface area contributed by atoms with Crippen LogP contribution in [-0.4, -0.2) is 30.2 Å². The average molecular weight is 240 g/mol. The molecule has 0 spiro atoms. The summed E-state index contributed by atoms with van der Waals surface area (Å²) in [5.74, 6) is -2.08. The number of benzene rings is 1. The lowest BCUT2D eigenvalue weighted by molar-refractivity contribution is -0.131. The first kappa shape index (κ1) is 12.6. The van der Waals surface area contributed by atoms with E-state index in [1.807, 2.05) is 0 Å². The first-order valence-corrected chi connectivity index (χ1v) is 5.74. The molecule has 0 aliphatic rings. The van der Waals surface area contributed by atoms with Gasteiger partial charge in [0.25, 0.3) is 5.78 Å². The molecule has 1 N–H and O–H groups in total. The first-order valence-electron chi connectivity index (χ1n) is 4.52. The third-order valence-corrected chi connectivity index (χ3v) is 2.94. The SMILES string of the molecule is COc1c(C)ccc(SC)c1C(=O)C(=O)O. The quantitative estimate of drug-likeness (QED) is 0.495. The Morgan fingerprint density at radius 2 is 2.00 bits per heavy atom. The lowest BCUT2D eigenvalue weighted by atomic mass is 10.1. The number of methoxy groups -OCH3 is 1. The zero-order valence-corrected chi connectivity index (χ0v) is 10.1. The molecule has 5 heteroatoms. The Hall–Kier alpha value is -1.49. The predicted molar refractivity (Wildman–Crippen MR) is 61.5 cm³/mol. The van der Waals surface area contributed by atoms with Gasteiger partial charge < -0.3 is 9.84 Å². The number of thioether (sulfide) groups is 1. The van der Waals surface area contributed by atoms with Crippen LogP contribution < -0.4 is 4.74 Å². The maximum absolute atomic E-state index is 11.6. The van der Waals surface area contributed by atoms with Crippen LogP contribution in [0.15, 0.2) is 17.0 Å². The molecule has 86 valence electrons. The number of rotatable bonds is 4. The minimum Gasteiger partial charge on any atom is -0.496 e. The molecule has 0 saturated heterocycles. The number of carbonyl (C=O) groups excluding carboxylic acids is 1. The summed E-state index contributed by atoms with van der Waals surface area (Å²) < 4.78 is 5.09. The number of ether oxygens (including phenoxy) is 1. The molecule has 4 nitrogen and oxygen atoms in total. The Labute approximate surface area is 97.6 Å². The fourth-order valence-corrected chi connectivity index (χ4v) is 2.02. The summed E-state index contributed by atoms with van der Waals surface area (Å²) in [6, 6.07) is 3.52. The minimum atomic E-state index is -1.47. The lowest BCUT2D eigenvalue weighted by Crippen LogP contribution is -2.15. The Morgan fingerprint density at radius 3 is 2.44 bits per heavy atom. The highest BCUT2D eigenvalue weighted by atomic mass is 32.2. The highest BCUT2D eigenvalue weighted by Gasteiger charge is 2.24. The van der Waals surface area contributed by atoms with Crippen LogP contribution in [-0.2, 0) is 4.79 Å². The van der Waals surface area contributed by atoms with E-state index in [-0.39, 0.29) is 5.56 Å². The third-order valence-electron chi connectivity index (χ3n) is 2.16. The fourth-order valence-electron chi connectivity index (χ4n) is 1.42. The standard InChI is InChI=1S/C11H12O4S/c1-6-4-5-7(16-3)8(10(6)15-2)9(12)11(13)14/h4-5H,1-3H3,(H,13,14). The van der Waals surface area contributed by atoms with E-state index < -0.39 is 11.8 Å². The molecule has 0 bridgehead atoms. The Kier molecular flexibility index (Phi) is 3.95. The lowest BCUT2D eigenvalue weighted by Gasteiger charge is -2.12. The summed E-state index contributed by atoms with van der Waals surface area (Å²) >= 11 is 1.32. The van der Waals surface area contributed by atoms with Crippen molar-refractivity contribution in [2.24, 2.45) is 0 Å². The van der Waals surface area contributed by atoms with Crippen molar-refractivity contribution in [2.45, 2.75) is 11.8 Å². The number of hydrogen-bond donors (Lipinski definition) is 1. The molecule has 1 aromatic rings. The summed E-state index contributed by atoms with van der Waals surface area (Å²) in [4.78, 5) is 22.9. The summed E-state index contributed by atoms with van der Waals surface area (Å²) in [5.41, 5.74) is 0.868. The highest BCUT2D eigenvalue weighted by Crippen LogP contribution is 2.32. The van der Waals surface area contributed by atoms with Gasteiger partial charge in [-0.25, -0.2) is 4.79 Å². The van der Waals surface area contributed by atoms with Crippen LogP contribution in [0, 0.1) is 6.92 Å². The van der Waals surface area contributed by atoms with Crippen LogP contribution in [0.4, 0.5) is 0 Å². The second kappa shape index (κ2) is 5.03. The number of carboxylic acids is 1. The summed E-state index contributed by atoms with van der Waals surface area (Å²) in [7, 11) is 1.42. The van der Waals surface area contributed by atoms with Crippen LogP contribution >= 0.6 is 11.8 Å². The van der Waals surface area contributed by atoms with Crippen molar-refractivity contribution in [3.8, 4) is 5.75 Å². The van der Waals surface area contributed by atoms with Crippen molar-refractivity contribution in [3.05, 3.63) is 23.3 Å². The van der Waals surface area contributed by atoms with Gasteiger partial charge in [0.1, 0.15) is 5.75 Å². The van der Waals surface area contributed by atoms with Gasteiger partial charge in [0.2, 0.25) is 0 Å². The molecule has 0 unspecified atom stereocenters. The molecule has 0 saturated carbocycles. The molecular formula is C11H12O4S. The van der Waals surface area contributed by atoms with Crippen LogP contribution in [0.3, 0.4) is 0 Å². The maximum Gasteiger partial charge on any atom is 0.377 e. The van der Waals surface area contributed by atoms with E-state index >= 15 is 0 Å². The topological polar surface area (TPSA) is 63.6 Å². The fraction of sp³-hybridized carbons (Fsp3) is 0.273. The molecule has 0 aliphatic heterocycles. The van der Waals surface area contributed by atoms with Crippen molar-refractivity contribution < 1.29 is 19.4 Å². The molecular weight excluding hydrogens is 228 g/mol. The molecule has 0 amide bonds. The van der Waals surface area contributed by atoms with Crippen molar-refractivity contribution in [3.63, 3.8) is 0 Å². The summed E-state index contributed by atoms with van der Waals surface area (Å²) in [5, 5.41) is 8.75. The zero-order valence-electron chi connectivity index (χ0n) is 9.23. The van der Waals surface area contributed by atoms with Crippen LogP contribution in [0.1, 0.15) is 15.9 Å². The smallest absolute Gasteiger partial charge is 0.377 e. The van der Waals surface area contributed by atoms with Gasteiger partial charge in [0.15, 0.2) is 0 Å². The maximum atomic E-state index is 11.6. The molecule has 16 heavy (non-hydrogen) atoms. The summed E-state index contributed by atoms with van der Waals surface area (Å²) in [6.07, 6.45) is 1.78. The van der Waals surface area contributed by atoms with Gasteiger partial charge in [-0.2, -0.15) is 0 Å².